The maximum atomic E-state index is 10.1. The average molecular weight is 390 g/mol. The molecule has 1 aromatic carbocycles. The van der Waals surface area contributed by atoms with E-state index >= 15 is 0 Å². The minimum absolute atomic E-state index is 0.0828. The minimum Gasteiger partial charge on any atom is -0.399 e. The maximum absolute atomic E-state index is 10.1. The first-order chi connectivity index (χ1) is 13.4. The van der Waals surface area contributed by atoms with Gasteiger partial charge < -0.3 is 5.73 Å². The van der Waals surface area contributed by atoms with Gasteiger partial charge in [-0.1, -0.05) is 18.2 Å². The summed E-state index contributed by atoms with van der Waals surface area (Å²) in [7, 11) is 0. The van der Waals surface area contributed by atoms with Gasteiger partial charge in [0.15, 0.2) is 5.41 Å². The van der Waals surface area contributed by atoms with Gasteiger partial charge in [-0.05, 0) is 43.4 Å². The van der Waals surface area contributed by atoms with Crippen molar-refractivity contribution in [1.29, 1.82) is 15.8 Å². The van der Waals surface area contributed by atoms with Crippen molar-refractivity contribution in [3.63, 3.8) is 0 Å². The van der Waals surface area contributed by atoms with Crippen LogP contribution in [0.25, 0.3) is 0 Å². The van der Waals surface area contributed by atoms with E-state index in [9.17, 15) is 15.8 Å². The van der Waals surface area contributed by atoms with Crippen molar-refractivity contribution in [2.75, 3.05) is 19.3 Å². The Bertz CT molecular complexity index is 939. The zero-order valence-corrected chi connectivity index (χ0v) is 17.1. The third-order valence-electron chi connectivity index (χ3n) is 5.90. The van der Waals surface area contributed by atoms with Crippen LogP contribution in [0.1, 0.15) is 25.3 Å². The fraction of sp³-hybridized carbons (Fsp3) is 0.409. The fourth-order valence-electron chi connectivity index (χ4n) is 4.31. The summed E-state index contributed by atoms with van der Waals surface area (Å²) < 4.78 is 0. The number of hydrogen-bond donors (Lipinski definition) is 1. The van der Waals surface area contributed by atoms with Gasteiger partial charge in [-0.2, -0.15) is 15.8 Å². The largest absolute Gasteiger partial charge is 0.399 e. The molecule has 1 aliphatic carbocycles. The van der Waals surface area contributed by atoms with Crippen molar-refractivity contribution in [1.82, 2.24) is 4.90 Å². The van der Waals surface area contributed by atoms with Crippen LogP contribution >= 0.6 is 11.8 Å². The molecule has 142 valence electrons. The Labute approximate surface area is 170 Å². The summed E-state index contributed by atoms with van der Waals surface area (Å²) in [5.41, 5.74) is 6.93. The SMILES string of the molecule is CSc1ccc([C@@H]2[C@@H]3CN(C(C)C)CC=C3C(C#N)=C(N)C2(C#N)C#N)cc1. The van der Waals surface area contributed by atoms with Crippen molar-refractivity contribution in [2.45, 2.75) is 30.7 Å². The van der Waals surface area contributed by atoms with Crippen LogP contribution in [-0.4, -0.2) is 30.3 Å². The second-order valence-corrected chi connectivity index (χ2v) is 8.38. The third kappa shape index (κ3) is 2.98. The van der Waals surface area contributed by atoms with E-state index in [-0.39, 0.29) is 11.6 Å². The quantitative estimate of drug-likeness (QED) is 0.794. The number of fused-ring (bicyclic) bond motifs is 1. The van der Waals surface area contributed by atoms with Gasteiger partial charge in [0.05, 0.1) is 23.4 Å². The van der Waals surface area contributed by atoms with E-state index in [4.69, 9.17) is 5.73 Å². The summed E-state index contributed by atoms with van der Waals surface area (Å²) in [6.07, 6.45) is 4.05. The second kappa shape index (κ2) is 7.72. The van der Waals surface area contributed by atoms with E-state index in [0.717, 1.165) is 22.6 Å². The molecule has 0 fully saturated rings. The number of rotatable bonds is 3. The standard InChI is InChI=1S/C22H23N5S/c1-14(2)27-9-8-17-18(10-23)21(26)22(12-24,13-25)20(19(17)11-27)15-4-6-16(28-3)7-5-15/h4-8,14,19-20H,9,11,26H2,1-3H3/t19-,20-/m1/s1. The van der Waals surface area contributed by atoms with Crippen LogP contribution < -0.4 is 5.73 Å². The van der Waals surface area contributed by atoms with E-state index in [1.54, 1.807) is 11.8 Å². The summed E-state index contributed by atoms with van der Waals surface area (Å²) >= 11 is 1.64. The molecule has 1 aliphatic heterocycles. The summed E-state index contributed by atoms with van der Waals surface area (Å²) in [4.78, 5) is 3.41. The zero-order chi connectivity index (χ0) is 20.5. The first-order valence-corrected chi connectivity index (χ1v) is 10.5. The number of nitriles is 3. The molecule has 2 N–H and O–H groups in total. The first-order valence-electron chi connectivity index (χ1n) is 9.24. The molecule has 3 rings (SSSR count). The molecule has 0 aromatic heterocycles. The lowest BCUT2D eigenvalue weighted by Gasteiger charge is -2.46. The number of allylic oxidation sites excluding steroid dienone is 2. The van der Waals surface area contributed by atoms with Crippen molar-refractivity contribution in [3.8, 4) is 18.2 Å². The normalized spacial score (nSPS) is 24.0. The van der Waals surface area contributed by atoms with Crippen LogP contribution in [0.2, 0.25) is 0 Å². The van der Waals surface area contributed by atoms with Gasteiger partial charge in [0, 0.05) is 35.9 Å². The van der Waals surface area contributed by atoms with E-state index < -0.39 is 11.3 Å². The summed E-state index contributed by atoms with van der Waals surface area (Å²) in [6.45, 7) is 5.66. The molecule has 0 unspecified atom stereocenters. The van der Waals surface area contributed by atoms with Crippen molar-refractivity contribution >= 4 is 11.8 Å². The van der Waals surface area contributed by atoms with Crippen molar-refractivity contribution in [3.05, 3.63) is 52.7 Å². The molecule has 2 aliphatic rings. The Hall–Kier alpha value is -2.72. The van der Waals surface area contributed by atoms with E-state index in [2.05, 4.69) is 37.0 Å². The molecule has 1 heterocycles. The molecule has 0 bridgehead atoms. The summed E-state index contributed by atoms with van der Waals surface area (Å²) in [5.74, 6) is -0.569. The van der Waals surface area contributed by atoms with Crippen LogP contribution in [0.15, 0.2) is 52.1 Å². The summed E-state index contributed by atoms with van der Waals surface area (Å²) in [5, 5.41) is 29.9. The van der Waals surface area contributed by atoms with Gasteiger partial charge in [0.2, 0.25) is 0 Å². The highest BCUT2D eigenvalue weighted by molar-refractivity contribution is 7.98. The molecule has 5 nitrogen and oxygen atoms in total. The molecular weight excluding hydrogens is 366 g/mol. The number of benzene rings is 1. The molecule has 6 heteroatoms. The fourth-order valence-corrected chi connectivity index (χ4v) is 4.72. The van der Waals surface area contributed by atoms with Crippen molar-refractivity contribution < 1.29 is 0 Å². The van der Waals surface area contributed by atoms with Crippen LogP contribution in [-0.2, 0) is 0 Å². The van der Waals surface area contributed by atoms with Crippen molar-refractivity contribution in [2.24, 2.45) is 17.1 Å². The minimum atomic E-state index is -1.56. The number of hydrogen-bond acceptors (Lipinski definition) is 6. The molecular formula is C22H23N5S. The van der Waals surface area contributed by atoms with Gasteiger partial charge in [-0.25, -0.2) is 0 Å². The predicted octanol–water partition coefficient (Wildman–Crippen LogP) is 3.54. The Balaban J connectivity index is 2.26. The molecule has 0 amide bonds. The van der Waals surface area contributed by atoms with Gasteiger partial charge in [-0.3, -0.25) is 4.90 Å². The van der Waals surface area contributed by atoms with Crippen LogP contribution in [0.3, 0.4) is 0 Å². The van der Waals surface area contributed by atoms with Crippen LogP contribution in [0.4, 0.5) is 0 Å². The van der Waals surface area contributed by atoms with E-state index in [1.807, 2.05) is 36.6 Å². The molecule has 2 atom stereocenters. The van der Waals surface area contributed by atoms with Crippen LogP contribution in [0.5, 0.6) is 0 Å². The van der Waals surface area contributed by atoms with Gasteiger partial charge in [0.1, 0.15) is 6.07 Å². The Morgan fingerprint density at radius 3 is 2.32 bits per heavy atom. The number of thioether (sulfide) groups is 1. The first kappa shape index (κ1) is 20.0. The van der Waals surface area contributed by atoms with Crippen LogP contribution in [0, 0.1) is 45.3 Å². The monoisotopic (exact) mass is 389 g/mol. The molecule has 1 aromatic rings. The highest BCUT2D eigenvalue weighted by atomic mass is 32.2. The molecule has 0 saturated carbocycles. The maximum Gasteiger partial charge on any atom is 0.191 e. The van der Waals surface area contributed by atoms with Gasteiger partial charge in [0.25, 0.3) is 0 Å². The lowest BCUT2D eigenvalue weighted by molar-refractivity contribution is 0.174. The summed E-state index contributed by atoms with van der Waals surface area (Å²) in [6, 6.07) is 14.9. The Kier molecular flexibility index (Phi) is 5.52. The highest BCUT2D eigenvalue weighted by Crippen LogP contribution is 2.54. The smallest absolute Gasteiger partial charge is 0.191 e. The topological polar surface area (TPSA) is 101 Å². The molecule has 0 radical (unpaired) electrons. The van der Waals surface area contributed by atoms with E-state index in [1.165, 1.54) is 0 Å². The Morgan fingerprint density at radius 1 is 1.18 bits per heavy atom. The Morgan fingerprint density at radius 2 is 1.82 bits per heavy atom. The lowest BCUT2D eigenvalue weighted by atomic mass is 9.58. The molecule has 28 heavy (non-hydrogen) atoms. The molecule has 0 spiro atoms. The second-order valence-electron chi connectivity index (χ2n) is 7.50. The zero-order valence-electron chi connectivity index (χ0n) is 16.3. The van der Waals surface area contributed by atoms with E-state index in [0.29, 0.717) is 18.2 Å². The van der Waals surface area contributed by atoms with Gasteiger partial charge in [-0.15, -0.1) is 11.8 Å². The third-order valence-corrected chi connectivity index (χ3v) is 6.64. The predicted molar refractivity (Wildman–Crippen MR) is 110 cm³/mol. The highest BCUT2D eigenvalue weighted by Gasteiger charge is 2.54. The number of nitrogens with two attached hydrogens (primary N) is 1. The average Bonchev–Trinajstić information content (AvgIpc) is 2.72. The lowest BCUT2D eigenvalue weighted by Crippen LogP contribution is -2.49. The number of nitrogens with zero attached hydrogens (tertiary/aromatic N) is 4. The van der Waals surface area contributed by atoms with Gasteiger partial charge >= 0.3 is 0 Å². The molecule has 0 saturated heterocycles.